The number of hydrogen-bond donors (Lipinski definition) is 1. The SMILES string of the molecule is CCN(C(=O)c1csc(CCN)n1)c1ccccc1. The molecule has 2 aromatic rings. The number of amides is 1. The third-order valence-corrected chi connectivity index (χ3v) is 3.67. The molecule has 100 valence electrons. The monoisotopic (exact) mass is 275 g/mol. The average molecular weight is 275 g/mol. The van der Waals surface area contributed by atoms with Crippen LogP contribution in [0.1, 0.15) is 22.4 Å². The van der Waals surface area contributed by atoms with Gasteiger partial charge in [-0.2, -0.15) is 0 Å². The van der Waals surface area contributed by atoms with Crippen molar-refractivity contribution in [2.75, 3.05) is 18.0 Å². The van der Waals surface area contributed by atoms with Gasteiger partial charge in [-0.15, -0.1) is 11.3 Å². The van der Waals surface area contributed by atoms with Crippen LogP contribution in [0.5, 0.6) is 0 Å². The quantitative estimate of drug-likeness (QED) is 0.911. The molecule has 0 aliphatic heterocycles. The number of nitrogens with zero attached hydrogens (tertiary/aromatic N) is 2. The third kappa shape index (κ3) is 3.19. The topological polar surface area (TPSA) is 59.2 Å². The molecule has 0 spiro atoms. The summed E-state index contributed by atoms with van der Waals surface area (Å²) in [5.74, 6) is -0.0618. The van der Waals surface area contributed by atoms with Gasteiger partial charge in [0.2, 0.25) is 0 Å². The molecule has 0 bridgehead atoms. The van der Waals surface area contributed by atoms with Gasteiger partial charge in [0.25, 0.3) is 5.91 Å². The first-order valence-corrected chi connectivity index (χ1v) is 7.15. The number of rotatable bonds is 5. The standard InChI is InChI=1S/C14H17N3OS/c1-2-17(11-6-4-3-5-7-11)14(18)12-10-19-13(16-12)8-9-15/h3-7,10H,2,8-9,15H2,1H3. The summed E-state index contributed by atoms with van der Waals surface area (Å²) >= 11 is 1.49. The maximum Gasteiger partial charge on any atom is 0.277 e. The van der Waals surface area contributed by atoms with Crippen molar-refractivity contribution >= 4 is 22.9 Å². The molecule has 0 unspecified atom stereocenters. The molecule has 1 heterocycles. The Morgan fingerprint density at radius 3 is 2.74 bits per heavy atom. The summed E-state index contributed by atoms with van der Waals surface area (Å²) in [7, 11) is 0. The zero-order valence-corrected chi connectivity index (χ0v) is 11.7. The van der Waals surface area contributed by atoms with E-state index in [1.807, 2.05) is 37.3 Å². The van der Waals surface area contributed by atoms with Crippen molar-refractivity contribution in [1.29, 1.82) is 0 Å². The van der Waals surface area contributed by atoms with Crippen molar-refractivity contribution in [3.05, 3.63) is 46.4 Å². The van der Waals surface area contributed by atoms with Crippen molar-refractivity contribution in [2.24, 2.45) is 5.73 Å². The predicted molar refractivity (Wildman–Crippen MR) is 78.7 cm³/mol. The second kappa shape index (κ2) is 6.45. The van der Waals surface area contributed by atoms with E-state index in [9.17, 15) is 4.79 Å². The molecule has 0 aliphatic carbocycles. The minimum atomic E-state index is -0.0618. The van der Waals surface area contributed by atoms with Gasteiger partial charge in [-0.3, -0.25) is 4.79 Å². The van der Waals surface area contributed by atoms with Crippen LogP contribution in [-0.2, 0) is 6.42 Å². The van der Waals surface area contributed by atoms with Gasteiger partial charge in [-0.05, 0) is 25.6 Å². The molecule has 1 aromatic heterocycles. The number of anilines is 1. The zero-order valence-electron chi connectivity index (χ0n) is 10.9. The van der Waals surface area contributed by atoms with Crippen LogP contribution in [0.25, 0.3) is 0 Å². The zero-order chi connectivity index (χ0) is 13.7. The van der Waals surface area contributed by atoms with Crippen LogP contribution in [0.3, 0.4) is 0 Å². The van der Waals surface area contributed by atoms with Crippen molar-refractivity contribution in [2.45, 2.75) is 13.3 Å². The predicted octanol–water partition coefficient (Wildman–Crippen LogP) is 2.31. The first-order valence-electron chi connectivity index (χ1n) is 6.27. The number of nitrogens with two attached hydrogens (primary N) is 1. The largest absolute Gasteiger partial charge is 0.330 e. The molecule has 0 radical (unpaired) electrons. The van der Waals surface area contributed by atoms with Crippen LogP contribution < -0.4 is 10.6 Å². The van der Waals surface area contributed by atoms with E-state index in [1.165, 1.54) is 11.3 Å². The van der Waals surface area contributed by atoms with Crippen LogP contribution >= 0.6 is 11.3 Å². The molecule has 2 rings (SSSR count). The number of carbonyl (C=O) groups is 1. The van der Waals surface area contributed by atoms with E-state index in [-0.39, 0.29) is 5.91 Å². The Balaban J connectivity index is 2.20. The van der Waals surface area contributed by atoms with Gasteiger partial charge in [0.05, 0.1) is 5.01 Å². The Morgan fingerprint density at radius 2 is 2.11 bits per heavy atom. The molecule has 1 aromatic carbocycles. The summed E-state index contributed by atoms with van der Waals surface area (Å²) in [5, 5.41) is 2.72. The Hall–Kier alpha value is -1.72. The Kier molecular flexibility index (Phi) is 4.65. The first kappa shape index (κ1) is 13.7. The highest BCUT2D eigenvalue weighted by molar-refractivity contribution is 7.09. The van der Waals surface area contributed by atoms with Gasteiger partial charge in [-0.1, -0.05) is 18.2 Å². The Morgan fingerprint density at radius 1 is 1.37 bits per heavy atom. The van der Waals surface area contributed by atoms with Gasteiger partial charge < -0.3 is 10.6 Å². The lowest BCUT2D eigenvalue weighted by atomic mass is 10.2. The van der Waals surface area contributed by atoms with Crippen molar-refractivity contribution < 1.29 is 4.79 Å². The number of benzene rings is 1. The fourth-order valence-electron chi connectivity index (χ4n) is 1.84. The lowest BCUT2D eigenvalue weighted by molar-refractivity contribution is 0.0984. The van der Waals surface area contributed by atoms with E-state index in [0.717, 1.165) is 17.1 Å². The Bertz CT molecular complexity index is 539. The van der Waals surface area contributed by atoms with Crippen LogP contribution in [0.2, 0.25) is 0 Å². The van der Waals surface area contributed by atoms with E-state index >= 15 is 0 Å². The van der Waals surface area contributed by atoms with E-state index in [1.54, 1.807) is 10.3 Å². The maximum atomic E-state index is 12.4. The molecule has 19 heavy (non-hydrogen) atoms. The van der Waals surface area contributed by atoms with Crippen LogP contribution in [0.4, 0.5) is 5.69 Å². The van der Waals surface area contributed by atoms with E-state index in [4.69, 9.17) is 5.73 Å². The molecule has 2 N–H and O–H groups in total. The highest BCUT2D eigenvalue weighted by Gasteiger charge is 2.18. The summed E-state index contributed by atoms with van der Waals surface area (Å²) < 4.78 is 0. The molecule has 5 heteroatoms. The molecule has 0 atom stereocenters. The second-order valence-corrected chi connectivity index (χ2v) is 4.99. The minimum Gasteiger partial charge on any atom is -0.330 e. The number of carbonyl (C=O) groups excluding carboxylic acids is 1. The van der Waals surface area contributed by atoms with E-state index in [0.29, 0.717) is 18.8 Å². The van der Waals surface area contributed by atoms with Crippen LogP contribution in [-0.4, -0.2) is 24.0 Å². The van der Waals surface area contributed by atoms with E-state index < -0.39 is 0 Å². The summed E-state index contributed by atoms with van der Waals surface area (Å²) in [6.07, 6.45) is 0.718. The van der Waals surface area contributed by atoms with Gasteiger partial charge in [0.1, 0.15) is 5.69 Å². The normalized spacial score (nSPS) is 10.4. The summed E-state index contributed by atoms with van der Waals surface area (Å²) in [5.41, 5.74) is 6.89. The second-order valence-electron chi connectivity index (χ2n) is 4.05. The Labute approximate surface area is 116 Å². The molecule has 0 aliphatic rings. The minimum absolute atomic E-state index is 0.0618. The van der Waals surface area contributed by atoms with Crippen molar-refractivity contribution in [1.82, 2.24) is 4.98 Å². The molecular formula is C14H17N3OS. The summed E-state index contributed by atoms with van der Waals surface area (Å²) in [4.78, 5) is 18.5. The summed E-state index contributed by atoms with van der Waals surface area (Å²) in [6.45, 7) is 3.13. The molecule has 0 saturated carbocycles. The van der Waals surface area contributed by atoms with Gasteiger partial charge in [-0.25, -0.2) is 4.98 Å². The number of para-hydroxylation sites is 1. The molecule has 4 nitrogen and oxygen atoms in total. The average Bonchev–Trinajstić information content (AvgIpc) is 2.90. The van der Waals surface area contributed by atoms with Crippen molar-refractivity contribution in [3.63, 3.8) is 0 Å². The number of thiazole rings is 1. The molecule has 0 fully saturated rings. The number of hydrogen-bond acceptors (Lipinski definition) is 4. The third-order valence-electron chi connectivity index (χ3n) is 2.76. The first-order chi connectivity index (χ1) is 9.26. The highest BCUT2D eigenvalue weighted by atomic mass is 32.1. The maximum absolute atomic E-state index is 12.4. The fraction of sp³-hybridized carbons (Fsp3) is 0.286. The molecule has 0 saturated heterocycles. The lowest BCUT2D eigenvalue weighted by Crippen LogP contribution is -2.30. The molecule has 1 amide bonds. The van der Waals surface area contributed by atoms with E-state index in [2.05, 4.69) is 4.98 Å². The van der Waals surface area contributed by atoms with Gasteiger partial charge in [0.15, 0.2) is 0 Å². The number of aromatic nitrogens is 1. The summed E-state index contributed by atoms with van der Waals surface area (Å²) in [6, 6.07) is 9.63. The fourth-order valence-corrected chi connectivity index (χ4v) is 2.63. The van der Waals surface area contributed by atoms with Crippen molar-refractivity contribution in [3.8, 4) is 0 Å². The van der Waals surface area contributed by atoms with Crippen LogP contribution in [0, 0.1) is 0 Å². The van der Waals surface area contributed by atoms with Gasteiger partial charge >= 0.3 is 0 Å². The smallest absolute Gasteiger partial charge is 0.277 e. The lowest BCUT2D eigenvalue weighted by Gasteiger charge is -2.19. The molecular weight excluding hydrogens is 258 g/mol. The van der Waals surface area contributed by atoms with Crippen LogP contribution in [0.15, 0.2) is 35.7 Å². The van der Waals surface area contributed by atoms with Gasteiger partial charge in [0, 0.05) is 24.0 Å². The highest BCUT2D eigenvalue weighted by Crippen LogP contribution is 2.18.